The average Bonchev–Trinajstić information content (AvgIpc) is 2.93. The highest BCUT2D eigenvalue weighted by Gasteiger charge is 2.31. The second-order valence-corrected chi connectivity index (χ2v) is 7.92. The van der Waals surface area contributed by atoms with E-state index in [4.69, 9.17) is 16.3 Å². The first-order chi connectivity index (χ1) is 8.66. The van der Waals surface area contributed by atoms with Crippen LogP contribution in [0.2, 0.25) is 5.02 Å². The van der Waals surface area contributed by atoms with Crippen molar-refractivity contribution in [1.82, 2.24) is 0 Å². The normalized spacial score (nSPS) is 19.4. The number of benzene rings is 1. The first kappa shape index (κ1) is 13.0. The van der Waals surface area contributed by atoms with E-state index in [1.54, 1.807) is 11.3 Å². The van der Waals surface area contributed by atoms with Crippen molar-refractivity contribution in [3.8, 4) is 5.75 Å². The second-order valence-electron chi connectivity index (χ2n) is 4.13. The molecular weight excluding hydrogens is 399 g/mol. The Labute approximate surface area is 131 Å². The largest absolute Gasteiger partial charge is 0.493 e. The van der Waals surface area contributed by atoms with Crippen LogP contribution < -0.4 is 4.74 Å². The number of hydrogen-bond acceptors (Lipinski definition) is 2. The lowest BCUT2D eigenvalue weighted by Crippen LogP contribution is -2.06. The Morgan fingerprint density at radius 3 is 2.89 bits per heavy atom. The summed E-state index contributed by atoms with van der Waals surface area (Å²) >= 11 is 15.0. The number of hydrogen-bond donors (Lipinski definition) is 0. The minimum atomic E-state index is 0.231. The molecule has 0 bridgehead atoms. The summed E-state index contributed by atoms with van der Waals surface area (Å²) in [6.07, 6.45) is 0. The van der Waals surface area contributed by atoms with Crippen LogP contribution in [-0.4, -0.2) is 6.61 Å². The van der Waals surface area contributed by atoms with Crippen LogP contribution in [0.25, 0.3) is 0 Å². The van der Waals surface area contributed by atoms with Crippen molar-refractivity contribution in [2.75, 3.05) is 6.61 Å². The van der Waals surface area contributed by atoms with Crippen LogP contribution in [0.1, 0.15) is 21.2 Å². The van der Waals surface area contributed by atoms with Crippen molar-refractivity contribution in [3.63, 3.8) is 0 Å². The quantitative estimate of drug-likeness (QED) is 0.573. The third-order valence-electron chi connectivity index (χ3n) is 3.03. The fourth-order valence-electron chi connectivity index (χ4n) is 2.13. The lowest BCUT2D eigenvalue weighted by atomic mass is 9.97. The van der Waals surface area contributed by atoms with Crippen molar-refractivity contribution in [3.05, 3.63) is 49.6 Å². The zero-order valence-corrected chi connectivity index (χ0v) is 13.9. The molecule has 0 N–H and O–H groups in total. The molecule has 1 aliphatic rings. The molecule has 3 rings (SSSR count). The van der Waals surface area contributed by atoms with E-state index in [-0.39, 0.29) is 4.83 Å². The van der Waals surface area contributed by atoms with Crippen LogP contribution in [0.5, 0.6) is 5.75 Å². The maximum absolute atomic E-state index is 6.09. The number of thiophene rings is 1. The van der Waals surface area contributed by atoms with Gasteiger partial charge in [-0.2, -0.15) is 0 Å². The van der Waals surface area contributed by atoms with Crippen molar-refractivity contribution < 1.29 is 4.74 Å². The number of para-hydroxylation sites is 1. The molecule has 1 nitrogen and oxygen atoms in total. The molecule has 0 aliphatic carbocycles. The van der Waals surface area contributed by atoms with E-state index in [0.29, 0.717) is 12.5 Å². The maximum Gasteiger partial charge on any atom is 0.122 e. The van der Waals surface area contributed by atoms with Crippen LogP contribution in [0.3, 0.4) is 0 Å². The van der Waals surface area contributed by atoms with E-state index in [0.717, 1.165) is 14.6 Å². The Bertz CT molecular complexity index is 565. The number of ether oxygens (including phenoxy) is 1. The van der Waals surface area contributed by atoms with Gasteiger partial charge in [0.25, 0.3) is 0 Å². The fraction of sp³-hybridized carbons (Fsp3) is 0.231. The SMILES string of the molecule is Clc1cc(C(Br)C2COc3ccccc32)sc1Br. The first-order valence-electron chi connectivity index (χ1n) is 5.47. The van der Waals surface area contributed by atoms with Gasteiger partial charge in [-0.3, -0.25) is 0 Å². The molecule has 1 aromatic carbocycles. The molecule has 0 saturated carbocycles. The lowest BCUT2D eigenvalue weighted by Gasteiger charge is -2.14. The van der Waals surface area contributed by atoms with Crippen molar-refractivity contribution in [2.24, 2.45) is 0 Å². The molecule has 0 saturated heterocycles. The van der Waals surface area contributed by atoms with Gasteiger partial charge in [0.1, 0.15) is 5.75 Å². The van der Waals surface area contributed by atoms with E-state index in [1.165, 1.54) is 10.4 Å². The Kier molecular flexibility index (Phi) is 3.72. The zero-order valence-electron chi connectivity index (χ0n) is 9.20. The summed E-state index contributed by atoms with van der Waals surface area (Å²) in [6, 6.07) is 10.2. The summed E-state index contributed by atoms with van der Waals surface area (Å²) in [4.78, 5) is 1.45. The van der Waals surface area contributed by atoms with Gasteiger partial charge in [-0.25, -0.2) is 0 Å². The van der Waals surface area contributed by atoms with Gasteiger partial charge in [0.2, 0.25) is 0 Å². The second kappa shape index (κ2) is 5.16. The average molecular weight is 409 g/mol. The van der Waals surface area contributed by atoms with Crippen LogP contribution >= 0.6 is 54.8 Å². The number of rotatable bonds is 2. The highest BCUT2D eigenvalue weighted by atomic mass is 79.9. The minimum Gasteiger partial charge on any atom is -0.493 e. The molecule has 5 heteroatoms. The summed E-state index contributed by atoms with van der Waals surface area (Å²) in [5, 5.41) is 0.770. The predicted octanol–water partition coefficient (Wildman–Crippen LogP) is 5.78. The van der Waals surface area contributed by atoms with Gasteiger partial charge >= 0.3 is 0 Å². The van der Waals surface area contributed by atoms with Gasteiger partial charge in [-0.1, -0.05) is 45.7 Å². The standard InChI is InChI=1S/C13H9Br2ClOS/c14-12(11-5-9(16)13(15)18-11)8-6-17-10-4-2-1-3-7(8)10/h1-5,8,12H,6H2. The zero-order chi connectivity index (χ0) is 12.7. The third kappa shape index (κ3) is 2.24. The van der Waals surface area contributed by atoms with Crippen LogP contribution in [0.15, 0.2) is 34.1 Å². The first-order valence-corrected chi connectivity index (χ1v) is 8.37. The molecule has 18 heavy (non-hydrogen) atoms. The van der Waals surface area contributed by atoms with Crippen molar-refractivity contribution in [1.29, 1.82) is 0 Å². The van der Waals surface area contributed by atoms with Gasteiger partial charge in [0.05, 0.1) is 20.2 Å². The molecule has 2 aromatic rings. The summed E-state index contributed by atoms with van der Waals surface area (Å²) in [5.74, 6) is 1.33. The van der Waals surface area contributed by atoms with Gasteiger partial charge in [-0.15, -0.1) is 11.3 Å². The molecule has 2 unspecified atom stereocenters. The van der Waals surface area contributed by atoms with Crippen molar-refractivity contribution in [2.45, 2.75) is 10.7 Å². The lowest BCUT2D eigenvalue weighted by molar-refractivity contribution is 0.330. The molecule has 1 aromatic heterocycles. The van der Waals surface area contributed by atoms with Crippen LogP contribution in [0.4, 0.5) is 0 Å². The molecule has 0 spiro atoms. The van der Waals surface area contributed by atoms with E-state index in [9.17, 15) is 0 Å². The summed E-state index contributed by atoms with van der Waals surface area (Å²) in [5.41, 5.74) is 1.26. The topological polar surface area (TPSA) is 9.23 Å². The predicted molar refractivity (Wildman–Crippen MR) is 83.4 cm³/mol. The molecule has 94 valence electrons. The number of alkyl halides is 1. The van der Waals surface area contributed by atoms with Gasteiger partial charge < -0.3 is 4.74 Å². The molecule has 2 atom stereocenters. The highest BCUT2D eigenvalue weighted by Crippen LogP contribution is 2.48. The monoisotopic (exact) mass is 406 g/mol. The molecule has 0 fully saturated rings. The van der Waals surface area contributed by atoms with Gasteiger partial charge in [-0.05, 0) is 28.1 Å². The third-order valence-corrected chi connectivity index (χ3v) is 7.02. The van der Waals surface area contributed by atoms with E-state index >= 15 is 0 Å². The highest BCUT2D eigenvalue weighted by molar-refractivity contribution is 9.11. The molecule has 0 radical (unpaired) electrons. The van der Waals surface area contributed by atoms with Crippen molar-refractivity contribution >= 4 is 54.8 Å². The molecule has 1 aliphatic heterocycles. The Morgan fingerprint density at radius 2 is 2.17 bits per heavy atom. The Hall–Kier alpha value is -0.0300. The van der Waals surface area contributed by atoms with Crippen LogP contribution in [-0.2, 0) is 0 Å². The molecule has 2 heterocycles. The van der Waals surface area contributed by atoms with Gasteiger partial charge in [0, 0.05) is 16.4 Å². The summed E-state index contributed by atoms with van der Waals surface area (Å²) in [7, 11) is 0. The maximum atomic E-state index is 6.09. The Morgan fingerprint density at radius 1 is 1.39 bits per heavy atom. The van der Waals surface area contributed by atoms with Gasteiger partial charge in [0.15, 0.2) is 0 Å². The fourth-order valence-corrected chi connectivity index (χ4v) is 4.77. The summed E-state index contributed by atoms with van der Waals surface area (Å²) < 4.78 is 6.70. The van der Waals surface area contributed by atoms with E-state index in [2.05, 4.69) is 44.0 Å². The number of halogens is 3. The molecule has 0 amide bonds. The van der Waals surface area contributed by atoms with Crippen LogP contribution in [0, 0.1) is 0 Å². The smallest absolute Gasteiger partial charge is 0.122 e. The summed E-state index contributed by atoms with van der Waals surface area (Å²) in [6.45, 7) is 0.711. The van der Waals surface area contributed by atoms with E-state index in [1.807, 2.05) is 18.2 Å². The number of fused-ring (bicyclic) bond motifs is 1. The van der Waals surface area contributed by atoms with E-state index < -0.39 is 0 Å². The minimum absolute atomic E-state index is 0.231. The Balaban J connectivity index is 1.92. The molecular formula is C13H9Br2ClOS.